The van der Waals surface area contributed by atoms with Crippen molar-refractivity contribution in [3.05, 3.63) is 71.5 Å². The highest BCUT2D eigenvalue weighted by molar-refractivity contribution is 6.38. The third kappa shape index (κ3) is 9.04. The fourth-order valence-corrected chi connectivity index (χ4v) is 4.85. The number of alkyl halides is 2. The molecule has 2 aromatic rings. The maximum atomic E-state index is 15.7. The van der Waals surface area contributed by atoms with Crippen LogP contribution in [0, 0.1) is 11.7 Å². The molecule has 10 nitrogen and oxygen atoms in total. The number of hydrogen-bond acceptors (Lipinski definition) is 6. The first-order valence-corrected chi connectivity index (χ1v) is 14.5. The summed E-state index contributed by atoms with van der Waals surface area (Å²) in [6, 6.07) is 8.23. The zero-order chi connectivity index (χ0) is 32.3. The summed E-state index contributed by atoms with van der Waals surface area (Å²) in [5.74, 6) is -8.47. The molecule has 0 bridgehead atoms. The Morgan fingerprint density at radius 2 is 1.75 bits per heavy atom. The third-order valence-electron chi connectivity index (χ3n) is 7.20. The van der Waals surface area contributed by atoms with E-state index < -0.39 is 65.1 Å². The average Bonchev–Trinajstić information content (AvgIpc) is 3.41. The van der Waals surface area contributed by atoms with Crippen molar-refractivity contribution in [1.82, 2.24) is 21.3 Å². The Balaban J connectivity index is 1.83. The van der Waals surface area contributed by atoms with Crippen LogP contribution in [0.15, 0.2) is 54.6 Å². The Kier molecular flexibility index (Phi) is 12.3. The Hall–Kier alpha value is -4.42. The lowest BCUT2D eigenvalue weighted by molar-refractivity contribution is -0.141. The number of unbranched alkanes of at least 4 members (excludes halogenated alkanes) is 1. The first-order valence-electron chi connectivity index (χ1n) is 14.5. The van der Waals surface area contributed by atoms with Crippen LogP contribution in [-0.4, -0.2) is 54.8 Å². The number of benzene rings is 2. The number of halogens is 3. The molecule has 44 heavy (non-hydrogen) atoms. The van der Waals surface area contributed by atoms with E-state index in [1.54, 1.807) is 13.0 Å². The van der Waals surface area contributed by atoms with Gasteiger partial charge in [-0.05, 0) is 43.9 Å². The molecule has 3 rings (SSSR count). The molecule has 1 unspecified atom stereocenters. The van der Waals surface area contributed by atoms with E-state index in [-0.39, 0.29) is 30.9 Å². The molecule has 1 aliphatic heterocycles. The zero-order valence-corrected chi connectivity index (χ0v) is 24.5. The number of carbonyl (C=O) groups is 5. The van der Waals surface area contributed by atoms with E-state index in [4.69, 9.17) is 4.74 Å². The van der Waals surface area contributed by atoms with Crippen molar-refractivity contribution in [3.8, 4) is 0 Å². The average molecular weight is 619 g/mol. The standard InChI is InChI=1S/C31H37F3N4O6/c1-3-5-14-23(28(41)37-24(25(39)29(42)35-4-2)17-20-15-16-36-27(20)40)38-30(43)44-26(19-10-7-6-8-11-19)31(33,34)21-12-9-13-22(32)18-21/h6-13,18,20,23-24,26H,3-5,14-17H2,1-2H3,(H,35,42)(H,36,40)(H,37,41)(H,38,43)/t20-,23-,24-,26?/m0/s1. The molecule has 1 heterocycles. The van der Waals surface area contributed by atoms with Gasteiger partial charge < -0.3 is 26.0 Å². The molecular weight excluding hydrogens is 581 g/mol. The number of alkyl carbamates (subject to hydrolysis) is 1. The Bertz CT molecular complexity index is 1330. The van der Waals surface area contributed by atoms with Gasteiger partial charge in [-0.15, -0.1) is 0 Å². The highest BCUT2D eigenvalue weighted by atomic mass is 19.3. The molecule has 0 spiro atoms. The number of ether oxygens (including phenoxy) is 1. The van der Waals surface area contributed by atoms with E-state index in [9.17, 15) is 28.4 Å². The van der Waals surface area contributed by atoms with E-state index in [0.29, 0.717) is 31.9 Å². The summed E-state index contributed by atoms with van der Waals surface area (Å²) >= 11 is 0. The van der Waals surface area contributed by atoms with E-state index in [1.807, 2.05) is 6.92 Å². The molecule has 13 heteroatoms. The quantitative estimate of drug-likeness (QED) is 0.225. The number of rotatable bonds is 15. The van der Waals surface area contributed by atoms with Gasteiger partial charge in [0, 0.05) is 24.6 Å². The van der Waals surface area contributed by atoms with Gasteiger partial charge in [0.1, 0.15) is 11.9 Å². The van der Waals surface area contributed by atoms with Gasteiger partial charge in [0.2, 0.25) is 17.6 Å². The predicted octanol–water partition coefficient (Wildman–Crippen LogP) is 3.66. The molecule has 4 amide bonds. The number of likely N-dealkylation sites (N-methyl/N-ethyl adjacent to an activating group) is 1. The number of Topliss-reactive ketones (excluding diaryl/α,β-unsaturated/α-hetero) is 1. The molecule has 0 aromatic heterocycles. The summed E-state index contributed by atoms with van der Waals surface area (Å²) in [6.45, 7) is 3.98. The first-order chi connectivity index (χ1) is 21.0. The smallest absolute Gasteiger partial charge is 0.408 e. The molecule has 238 valence electrons. The van der Waals surface area contributed by atoms with Gasteiger partial charge >= 0.3 is 12.0 Å². The number of ketones is 1. The van der Waals surface area contributed by atoms with Crippen molar-refractivity contribution < 1.29 is 41.9 Å². The van der Waals surface area contributed by atoms with Crippen LogP contribution in [0.3, 0.4) is 0 Å². The number of carbonyl (C=O) groups excluding carboxylic acids is 5. The molecule has 4 N–H and O–H groups in total. The van der Waals surface area contributed by atoms with Gasteiger partial charge in [0.05, 0.1) is 6.04 Å². The minimum atomic E-state index is -3.87. The first kappa shape index (κ1) is 34.1. The minimum Gasteiger partial charge on any atom is -0.434 e. The minimum absolute atomic E-state index is 0.0553. The van der Waals surface area contributed by atoms with Gasteiger partial charge in [-0.25, -0.2) is 9.18 Å². The van der Waals surface area contributed by atoms with Crippen LogP contribution in [0.4, 0.5) is 18.0 Å². The largest absolute Gasteiger partial charge is 0.434 e. The predicted molar refractivity (Wildman–Crippen MR) is 154 cm³/mol. The van der Waals surface area contributed by atoms with Crippen LogP contribution in [-0.2, 0) is 29.8 Å². The Labute approximate surface area is 253 Å². The van der Waals surface area contributed by atoms with Crippen LogP contribution in [0.2, 0.25) is 0 Å². The fourth-order valence-electron chi connectivity index (χ4n) is 4.85. The molecule has 2 aromatic carbocycles. The van der Waals surface area contributed by atoms with Crippen LogP contribution >= 0.6 is 0 Å². The summed E-state index contributed by atoms with van der Waals surface area (Å²) in [4.78, 5) is 63.9. The number of hydrogen-bond donors (Lipinski definition) is 4. The third-order valence-corrected chi connectivity index (χ3v) is 7.20. The second-order valence-corrected chi connectivity index (χ2v) is 10.5. The van der Waals surface area contributed by atoms with Gasteiger partial charge in [0.15, 0.2) is 6.10 Å². The molecule has 1 aliphatic rings. The second-order valence-electron chi connectivity index (χ2n) is 10.5. The Morgan fingerprint density at radius 3 is 2.36 bits per heavy atom. The van der Waals surface area contributed by atoms with Crippen LogP contribution in [0.25, 0.3) is 0 Å². The summed E-state index contributed by atoms with van der Waals surface area (Å²) in [7, 11) is 0. The van der Waals surface area contributed by atoms with E-state index in [1.165, 1.54) is 24.3 Å². The van der Waals surface area contributed by atoms with Crippen LogP contribution in [0.1, 0.15) is 63.2 Å². The lowest BCUT2D eigenvalue weighted by Crippen LogP contribution is -2.54. The molecule has 4 atom stereocenters. The van der Waals surface area contributed by atoms with Crippen molar-refractivity contribution in [2.24, 2.45) is 5.92 Å². The van der Waals surface area contributed by atoms with E-state index >= 15 is 8.78 Å². The number of amides is 4. The monoisotopic (exact) mass is 618 g/mol. The molecule has 0 saturated carbocycles. The fraction of sp³-hybridized carbons (Fsp3) is 0.452. The highest BCUT2D eigenvalue weighted by Crippen LogP contribution is 2.43. The lowest BCUT2D eigenvalue weighted by atomic mass is 9.95. The van der Waals surface area contributed by atoms with Crippen molar-refractivity contribution in [1.29, 1.82) is 0 Å². The van der Waals surface area contributed by atoms with Crippen LogP contribution < -0.4 is 21.3 Å². The lowest BCUT2D eigenvalue weighted by Gasteiger charge is -2.29. The molecular formula is C31H37F3N4O6. The maximum Gasteiger partial charge on any atom is 0.408 e. The zero-order valence-electron chi connectivity index (χ0n) is 24.5. The van der Waals surface area contributed by atoms with Gasteiger partial charge in [-0.2, -0.15) is 8.78 Å². The summed E-state index contributed by atoms with van der Waals surface area (Å²) in [6.07, 6.45) is -2.19. The summed E-state index contributed by atoms with van der Waals surface area (Å²) < 4.78 is 50.5. The van der Waals surface area contributed by atoms with Gasteiger partial charge in [-0.3, -0.25) is 19.2 Å². The molecule has 1 saturated heterocycles. The Morgan fingerprint density at radius 1 is 1.02 bits per heavy atom. The molecule has 1 fully saturated rings. The van der Waals surface area contributed by atoms with Crippen molar-refractivity contribution in [2.45, 2.75) is 70.1 Å². The van der Waals surface area contributed by atoms with Gasteiger partial charge in [0.25, 0.3) is 5.91 Å². The van der Waals surface area contributed by atoms with E-state index in [2.05, 4.69) is 21.3 Å². The summed E-state index contributed by atoms with van der Waals surface area (Å²) in [5.41, 5.74) is -0.795. The van der Waals surface area contributed by atoms with Gasteiger partial charge in [-0.1, -0.05) is 62.2 Å². The number of nitrogens with one attached hydrogen (secondary N) is 4. The van der Waals surface area contributed by atoms with Crippen LogP contribution in [0.5, 0.6) is 0 Å². The molecule has 0 aliphatic carbocycles. The second kappa shape index (κ2) is 15.9. The normalized spacial score (nSPS) is 16.7. The highest BCUT2D eigenvalue weighted by Gasteiger charge is 2.46. The van der Waals surface area contributed by atoms with Crippen molar-refractivity contribution >= 4 is 29.6 Å². The van der Waals surface area contributed by atoms with E-state index in [0.717, 1.165) is 18.2 Å². The SMILES string of the molecule is CCCC[C@H](NC(=O)OC(c1ccccc1)C(F)(F)c1cccc(F)c1)C(=O)N[C@@H](C[C@@H]1CCNC1=O)C(=O)C(=O)NCC. The summed E-state index contributed by atoms with van der Waals surface area (Å²) in [5, 5.41) is 9.80. The van der Waals surface area contributed by atoms with Crippen molar-refractivity contribution in [2.75, 3.05) is 13.1 Å². The maximum absolute atomic E-state index is 15.7. The molecule has 0 radical (unpaired) electrons. The van der Waals surface area contributed by atoms with Crippen molar-refractivity contribution in [3.63, 3.8) is 0 Å². The topological polar surface area (TPSA) is 143 Å².